The van der Waals surface area contributed by atoms with Gasteiger partial charge in [0.2, 0.25) is 11.8 Å². The van der Waals surface area contributed by atoms with Crippen LogP contribution in [0.2, 0.25) is 0 Å². The standard InChI is InChI=1S/C12H20F2N2O/c13-12(14)2-1-9(7-12)10(17)16-8-11(3-4-11)5-6-15/h9H,1-8,15H2,(H,16,17). The molecule has 0 aromatic rings. The maximum absolute atomic E-state index is 13.0. The highest BCUT2D eigenvalue weighted by atomic mass is 19.3. The summed E-state index contributed by atoms with van der Waals surface area (Å²) in [4.78, 5) is 11.7. The van der Waals surface area contributed by atoms with Gasteiger partial charge in [-0.05, 0) is 37.6 Å². The molecule has 0 spiro atoms. The van der Waals surface area contributed by atoms with Crippen LogP contribution in [0.5, 0.6) is 0 Å². The zero-order chi connectivity index (χ0) is 12.5. The molecule has 1 unspecified atom stereocenters. The van der Waals surface area contributed by atoms with Gasteiger partial charge in [-0.2, -0.15) is 0 Å². The van der Waals surface area contributed by atoms with Crippen LogP contribution >= 0.6 is 0 Å². The summed E-state index contributed by atoms with van der Waals surface area (Å²) in [6.45, 7) is 1.22. The fraction of sp³-hybridized carbons (Fsp3) is 0.917. The van der Waals surface area contributed by atoms with E-state index in [0.717, 1.165) is 19.3 Å². The lowest BCUT2D eigenvalue weighted by molar-refractivity contribution is -0.126. The van der Waals surface area contributed by atoms with E-state index in [1.165, 1.54) is 0 Å². The van der Waals surface area contributed by atoms with E-state index < -0.39 is 11.8 Å². The van der Waals surface area contributed by atoms with Crippen LogP contribution in [0, 0.1) is 11.3 Å². The van der Waals surface area contributed by atoms with E-state index in [1.54, 1.807) is 0 Å². The molecule has 17 heavy (non-hydrogen) atoms. The summed E-state index contributed by atoms with van der Waals surface area (Å²) in [5.41, 5.74) is 5.68. The second-order valence-corrected chi connectivity index (χ2v) is 5.55. The molecule has 2 saturated carbocycles. The van der Waals surface area contributed by atoms with E-state index in [-0.39, 0.29) is 24.2 Å². The fourth-order valence-corrected chi connectivity index (χ4v) is 2.59. The summed E-state index contributed by atoms with van der Waals surface area (Å²) in [6.07, 6.45) is 2.95. The smallest absolute Gasteiger partial charge is 0.248 e. The molecule has 3 N–H and O–H groups in total. The Bertz CT molecular complexity index is 303. The van der Waals surface area contributed by atoms with Crippen molar-refractivity contribution in [3.05, 3.63) is 0 Å². The lowest BCUT2D eigenvalue weighted by Gasteiger charge is -2.17. The van der Waals surface area contributed by atoms with Gasteiger partial charge < -0.3 is 11.1 Å². The van der Waals surface area contributed by atoms with E-state index in [9.17, 15) is 13.6 Å². The predicted octanol–water partition coefficient (Wildman–Crippen LogP) is 1.67. The van der Waals surface area contributed by atoms with Crippen LogP contribution < -0.4 is 11.1 Å². The molecular formula is C12H20F2N2O. The van der Waals surface area contributed by atoms with E-state index in [2.05, 4.69) is 5.32 Å². The molecule has 0 heterocycles. The lowest BCUT2D eigenvalue weighted by Crippen LogP contribution is -2.35. The number of hydrogen-bond donors (Lipinski definition) is 2. The Morgan fingerprint density at radius 3 is 2.53 bits per heavy atom. The molecule has 1 amide bonds. The molecule has 2 fully saturated rings. The molecule has 0 aliphatic heterocycles. The Morgan fingerprint density at radius 1 is 1.35 bits per heavy atom. The number of nitrogens with one attached hydrogen (secondary N) is 1. The Kier molecular flexibility index (Phi) is 3.39. The van der Waals surface area contributed by atoms with Gasteiger partial charge in [-0.25, -0.2) is 8.78 Å². The Morgan fingerprint density at radius 2 is 2.06 bits per heavy atom. The molecule has 3 nitrogen and oxygen atoms in total. The van der Waals surface area contributed by atoms with Crippen LogP contribution in [0.25, 0.3) is 0 Å². The molecular weight excluding hydrogens is 226 g/mol. The summed E-state index contributed by atoms with van der Waals surface area (Å²) in [7, 11) is 0. The van der Waals surface area contributed by atoms with Crippen molar-refractivity contribution in [2.75, 3.05) is 13.1 Å². The van der Waals surface area contributed by atoms with Gasteiger partial charge in [0, 0.05) is 25.3 Å². The van der Waals surface area contributed by atoms with Gasteiger partial charge in [0.15, 0.2) is 0 Å². The van der Waals surface area contributed by atoms with Gasteiger partial charge in [0.1, 0.15) is 0 Å². The number of carbonyl (C=O) groups excluding carboxylic acids is 1. The molecule has 5 heteroatoms. The SMILES string of the molecule is NCCC1(CNC(=O)C2CCC(F)(F)C2)CC1. The summed E-state index contributed by atoms with van der Waals surface area (Å²) < 4.78 is 25.9. The highest BCUT2D eigenvalue weighted by Crippen LogP contribution is 2.48. The van der Waals surface area contributed by atoms with Crippen LogP contribution in [0.1, 0.15) is 38.5 Å². The van der Waals surface area contributed by atoms with Crippen molar-refractivity contribution in [1.82, 2.24) is 5.32 Å². The maximum atomic E-state index is 13.0. The van der Waals surface area contributed by atoms with Gasteiger partial charge >= 0.3 is 0 Å². The van der Waals surface area contributed by atoms with Gasteiger partial charge in [-0.15, -0.1) is 0 Å². The van der Waals surface area contributed by atoms with Crippen LogP contribution in [0.4, 0.5) is 8.78 Å². The number of alkyl halides is 2. The lowest BCUT2D eigenvalue weighted by atomic mass is 10.0. The van der Waals surface area contributed by atoms with Gasteiger partial charge in [-0.1, -0.05) is 0 Å². The molecule has 1 atom stereocenters. The zero-order valence-electron chi connectivity index (χ0n) is 9.98. The second kappa shape index (κ2) is 4.52. The number of nitrogens with two attached hydrogens (primary N) is 1. The van der Waals surface area contributed by atoms with Crippen LogP contribution in [-0.4, -0.2) is 24.9 Å². The highest BCUT2D eigenvalue weighted by Gasteiger charge is 2.45. The van der Waals surface area contributed by atoms with Gasteiger partial charge in [-0.3, -0.25) is 4.79 Å². The summed E-state index contributed by atoms with van der Waals surface area (Å²) >= 11 is 0. The second-order valence-electron chi connectivity index (χ2n) is 5.55. The van der Waals surface area contributed by atoms with Crippen molar-refractivity contribution in [1.29, 1.82) is 0 Å². The van der Waals surface area contributed by atoms with Crippen molar-refractivity contribution in [3.8, 4) is 0 Å². The molecule has 0 aromatic heterocycles. The number of hydrogen-bond acceptors (Lipinski definition) is 2. The molecule has 0 aromatic carbocycles. The van der Waals surface area contributed by atoms with E-state index in [4.69, 9.17) is 5.73 Å². The molecule has 0 saturated heterocycles. The molecule has 98 valence electrons. The Hall–Kier alpha value is -0.710. The average molecular weight is 246 g/mol. The maximum Gasteiger partial charge on any atom is 0.248 e. The van der Waals surface area contributed by atoms with Crippen molar-refractivity contribution < 1.29 is 13.6 Å². The first-order valence-electron chi connectivity index (χ1n) is 6.32. The fourth-order valence-electron chi connectivity index (χ4n) is 2.59. The van der Waals surface area contributed by atoms with E-state index >= 15 is 0 Å². The van der Waals surface area contributed by atoms with Crippen molar-refractivity contribution in [2.45, 2.75) is 44.4 Å². The van der Waals surface area contributed by atoms with Crippen molar-refractivity contribution in [3.63, 3.8) is 0 Å². The van der Waals surface area contributed by atoms with Gasteiger partial charge in [0.05, 0.1) is 0 Å². The normalized spacial score (nSPS) is 29.0. The molecule has 0 bridgehead atoms. The summed E-state index contributed by atoms with van der Waals surface area (Å²) in [5, 5.41) is 2.82. The first kappa shape index (κ1) is 12.7. The minimum absolute atomic E-state index is 0.154. The van der Waals surface area contributed by atoms with Crippen molar-refractivity contribution in [2.24, 2.45) is 17.1 Å². The van der Waals surface area contributed by atoms with Crippen LogP contribution in [-0.2, 0) is 4.79 Å². The molecule has 2 rings (SSSR count). The zero-order valence-corrected chi connectivity index (χ0v) is 9.98. The Labute approximate surface area is 100 Å². The number of rotatable bonds is 5. The number of amides is 1. The molecule has 0 radical (unpaired) electrons. The predicted molar refractivity (Wildman–Crippen MR) is 60.6 cm³/mol. The average Bonchev–Trinajstić information content (AvgIpc) is 2.93. The van der Waals surface area contributed by atoms with Gasteiger partial charge in [0.25, 0.3) is 0 Å². The molecule has 2 aliphatic rings. The van der Waals surface area contributed by atoms with E-state index in [1.807, 2.05) is 0 Å². The summed E-state index contributed by atoms with van der Waals surface area (Å²) in [5.74, 6) is -3.35. The monoisotopic (exact) mass is 246 g/mol. The van der Waals surface area contributed by atoms with Crippen molar-refractivity contribution >= 4 is 5.91 Å². The first-order valence-corrected chi connectivity index (χ1v) is 6.32. The topological polar surface area (TPSA) is 55.1 Å². The first-order chi connectivity index (χ1) is 7.96. The summed E-state index contributed by atoms with van der Waals surface area (Å²) in [6, 6.07) is 0. The largest absolute Gasteiger partial charge is 0.355 e. The van der Waals surface area contributed by atoms with Crippen LogP contribution in [0.3, 0.4) is 0 Å². The molecule has 2 aliphatic carbocycles. The third-order valence-corrected chi connectivity index (χ3v) is 4.04. The third kappa shape index (κ3) is 3.15. The number of halogens is 2. The minimum Gasteiger partial charge on any atom is -0.355 e. The van der Waals surface area contributed by atoms with Crippen LogP contribution in [0.15, 0.2) is 0 Å². The quantitative estimate of drug-likeness (QED) is 0.775. The third-order valence-electron chi connectivity index (χ3n) is 4.04. The number of carbonyl (C=O) groups is 1. The van der Waals surface area contributed by atoms with E-state index in [0.29, 0.717) is 19.5 Å². The Balaban J connectivity index is 1.75. The highest BCUT2D eigenvalue weighted by molar-refractivity contribution is 5.79. The minimum atomic E-state index is -2.64.